The Hall–Kier alpha value is -0.0800. The largest absolute Gasteiger partial charge is 0.198 e. The summed E-state index contributed by atoms with van der Waals surface area (Å²) in [5.41, 5.74) is 2.21. The minimum atomic E-state index is 0.586. The number of alkyl halides is 1. The molecule has 0 atom stereocenters. The van der Waals surface area contributed by atoms with Gasteiger partial charge in [-0.1, -0.05) is 0 Å². The quantitative estimate of drug-likeness (QED) is 0.555. The van der Waals surface area contributed by atoms with Crippen molar-refractivity contribution in [2.24, 2.45) is 0 Å². The molecule has 0 spiro atoms. The van der Waals surface area contributed by atoms with Crippen LogP contribution >= 0.6 is 23.1 Å². The highest BCUT2D eigenvalue weighted by Crippen LogP contribution is 2.10. The Labute approximate surface area is 57.5 Å². The van der Waals surface area contributed by atoms with Crippen LogP contribution < -0.4 is 0 Å². The van der Waals surface area contributed by atoms with Crippen molar-refractivity contribution < 1.29 is 0 Å². The first kappa shape index (κ1) is 6.05. The molecule has 0 aromatic carbocycles. The summed E-state index contributed by atoms with van der Waals surface area (Å²) in [7, 11) is 0. The summed E-state index contributed by atoms with van der Waals surface area (Å²) in [4.78, 5) is 0. The zero-order chi connectivity index (χ0) is 5.98. The van der Waals surface area contributed by atoms with Crippen LogP contribution in [0.25, 0.3) is 0 Å². The maximum absolute atomic E-state index is 5.54. The van der Waals surface area contributed by atoms with E-state index >= 15 is 0 Å². The van der Waals surface area contributed by atoms with Gasteiger partial charge >= 0.3 is 0 Å². The predicted molar refractivity (Wildman–Crippen MR) is 36.4 cm³/mol. The molecule has 0 saturated heterocycles. The lowest BCUT2D eigenvalue weighted by Gasteiger charge is -1.84. The van der Waals surface area contributed by atoms with Gasteiger partial charge in [0.1, 0.15) is 0 Å². The molecule has 0 radical (unpaired) electrons. The van der Waals surface area contributed by atoms with Gasteiger partial charge in [0.05, 0.1) is 11.6 Å². The average molecular weight is 148 g/mol. The minimum Gasteiger partial charge on any atom is -0.198 e. The van der Waals surface area contributed by atoms with Crippen molar-refractivity contribution in [3.05, 3.63) is 16.6 Å². The van der Waals surface area contributed by atoms with Gasteiger partial charge in [0.2, 0.25) is 0 Å². The predicted octanol–water partition coefficient (Wildman–Crippen LogP) is 2.19. The summed E-state index contributed by atoms with van der Waals surface area (Å²) in [5.74, 6) is 0.586. The zero-order valence-corrected chi connectivity index (χ0v) is 6.09. The SMILES string of the molecule is Cc1nscc1CCl. The Balaban J connectivity index is 2.92. The van der Waals surface area contributed by atoms with E-state index < -0.39 is 0 Å². The second kappa shape index (κ2) is 2.46. The lowest BCUT2D eigenvalue weighted by Crippen LogP contribution is -1.75. The smallest absolute Gasteiger partial charge is 0.0555 e. The molecule has 0 unspecified atom stereocenters. The third kappa shape index (κ3) is 1.01. The van der Waals surface area contributed by atoms with Crippen LogP contribution in [0.4, 0.5) is 0 Å². The number of nitrogens with zero attached hydrogens (tertiary/aromatic N) is 1. The van der Waals surface area contributed by atoms with Gasteiger partial charge in [-0.05, 0) is 18.5 Å². The van der Waals surface area contributed by atoms with Crippen molar-refractivity contribution in [3.8, 4) is 0 Å². The second-order valence-corrected chi connectivity index (χ2v) is 2.46. The van der Waals surface area contributed by atoms with Gasteiger partial charge < -0.3 is 0 Å². The first-order chi connectivity index (χ1) is 3.84. The van der Waals surface area contributed by atoms with Crippen LogP contribution in [0.1, 0.15) is 11.3 Å². The van der Waals surface area contributed by atoms with Crippen LogP contribution in [0.2, 0.25) is 0 Å². The van der Waals surface area contributed by atoms with E-state index in [0.29, 0.717) is 5.88 Å². The summed E-state index contributed by atoms with van der Waals surface area (Å²) in [6.45, 7) is 1.97. The maximum atomic E-state index is 5.54. The van der Waals surface area contributed by atoms with Gasteiger partial charge in [-0.3, -0.25) is 0 Å². The highest BCUT2D eigenvalue weighted by Gasteiger charge is 1.95. The third-order valence-corrected chi connectivity index (χ3v) is 2.05. The molecule has 8 heavy (non-hydrogen) atoms. The highest BCUT2D eigenvalue weighted by molar-refractivity contribution is 7.03. The zero-order valence-electron chi connectivity index (χ0n) is 4.52. The van der Waals surface area contributed by atoms with Crippen molar-refractivity contribution in [3.63, 3.8) is 0 Å². The molecule has 3 heteroatoms. The van der Waals surface area contributed by atoms with Crippen molar-refractivity contribution in [1.29, 1.82) is 0 Å². The fourth-order valence-corrected chi connectivity index (χ4v) is 1.51. The molecule has 1 nitrogen and oxygen atoms in total. The van der Waals surface area contributed by atoms with E-state index in [1.54, 1.807) is 0 Å². The summed E-state index contributed by atoms with van der Waals surface area (Å²) >= 11 is 7.00. The van der Waals surface area contributed by atoms with E-state index in [9.17, 15) is 0 Å². The van der Waals surface area contributed by atoms with Gasteiger partial charge in [-0.2, -0.15) is 4.37 Å². The first-order valence-corrected chi connectivity index (χ1v) is 3.67. The number of halogens is 1. The molecule has 0 amide bonds. The molecule has 0 N–H and O–H groups in total. The lowest BCUT2D eigenvalue weighted by atomic mass is 10.3. The van der Waals surface area contributed by atoms with Crippen LogP contribution in [0.5, 0.6) is 0 Å². The van der Waals surface area contributed by atoms with Crippen LogP contribution in [0.3, 0.4) is 0 Å². The van der Waals surface area contributed by atoms with Crippen molar-refractivity contribution >= 4 is 23.1 Å². The fourth-order valence-electron chi connectivity index (χ4n) is 0.441. The normalized spacial score (nSPS) is 9.75. The van der Waals surface area contributed by atoms with Crippen LogP contribution in [0, 0.1) is 6.92 Å². The summed E-state index contributed by atoms with van der Waals surface area (Å²) in [5, 5.41) is 1.97. The molecule has 1 aromatic rings. The molecular formula is C5H6ClNS. The molecule has 44 valence electrons. The molecule has 0 fully saturated rings. The van der Waals surface area contributed by atoms with Crippen molar-refractivity contribution in [1.82, 2.24) is 4.37 Å². The van der Waals surface area contributed by atoms with Gasteiger partial charge in [-0.25, -0.2) is 0 Å². The average Bonchev–Trinajstić information content (AvgIpc) is 2.14. The number of hydrogen-bond acceptors (Lipinski definition) is 2. The van der Waals surface area contributed by atoms with Gasteiger partial charge in [0.25, 0.3) is 0 Å². The van der Waals surface area contributed by atoms with Crippen LogP contribution in [-0.2, 0) is 5.88 Å². The lowest BCUT2D eigenvalue weighted by molar-refractivity contribution is 1.25. The first-order valence-electron chi connectivity index (χ1n) is 2.30. The fraction of sp³-hybridized carbons (Fsp3) is 0.400. The van der Waals surface area contributed by atoms with Gasteiger partial charge in [0.15, 0.2) is 0 Å². The Morgan fingerprint density at radius 2 is 2.62 bits per heavy atom. The number of aromatic nitrogens is 1. The molecule has 0 aliphatic heterocycles. The Kier molecular flexibility index (Phi) is 1.86. The van der Waals surface area contributed by atoms with Crippen LogP contribution in [-0.4, -0.2) is 4.37 Å². The molecule has 1 heterocycles. The van der Waals surface area contributed by atoms with Gasteiger partial charge in [-0.15, -0.1) is 11.6 Å². The van der Waals surface area contributed by atoms with E-state index in [0.717, 1.165) is 11.3 Å². The maximum Gasteiger partial charge on any atom is 0.0555 e. The molecule has 0 bridgehead atoms. The molecule has 1 aromatic heterocycles. The van der Waals surface area contributed by atoms with E-state index in [4.69, 9.17) is 11.6 Å². The van der Waals surface area contributed by atoms with E-state index in [2.05, 4.69) is 4.37 Å². The number of hydrogen-bond donors (Lipinski definition) is 0. The standard InChI is InChI=1S/C5H6ClNS/c1-4-5(2-6)3-8-7-4/h3H,2H2,1H3. The summed E-state index contributed by atoms with van der Waals surface area (Å²) in [6.07, 6.45) is 0. The molecule has 1 rings (SSSR count). The third-order valence-electron chi connectivity index (χ3n) is 0.993. The minimum absolute atomic E-state index is 0.586. The number of aryl methyl sites for hydroxylation is 1. The topological polar surface area (TPSA) is 12.9 Å². The molecular weight excluding hydrogens is 142 g/mol. The van der Waals surface area contributed by atoms with E-state index in [1.165, 1.54) is 11.5 Å². The highest BCUT2D eigenvalue weighted by atomic mass is 35.5. The summed E-state index contributed by atoms with van der Waals surface area (Å²) in [6, 6.07) is 0. The Morgan fingerprint density at radius 1 is 1.88 bits per heavy atom. The van der Waals surface area contributed by atoms with Crippen LogP contribution in [0.15, 0.2) is 5.38 Å². The van der Waals surface area contributed by atoms with Crippen molar-refractivity contribution in [2.75, 3.05) is 0 Å². The van der Waals surface area contributed by atoms with Crippen molar-refractivity contribution in [2.45, 2.75) is 12.8 Å². The Bertz CT molecular complexity index is 173. The molecule has 0 aliphatic carbocycles. The summed E-state index contributed by atoms with van der Waals surface area (Å²) < 4.78 is 4.04. The molecule has 0 saturated carbocycles. The van der Waals surface area contributed by atoms with E-state index in [1.807, 2.05) is 12.3 Å². The number of rotatable bonds is 1. The monoisotopic (exact) mass is 147 g/mol. The second-order valence-electron chi connectivity index (χ2n) is 1.56. The van der Waals surface area contributed by atoms with Gasteiger partial charge in [0, 0.05) is 10.9 Å². The van der Waals surface area contributed by atoms with E-state index in [-0.39, 0.29) is 0 Å². The molecule has 0 aliphatic rings. The Morgan fingerprint density at radius 3 is 2.88 bits per heavy atom.